The second-order valence-corrected chi connectivity index (χ2v) is 7.07. The number of rotatable bonds is 4. The molecule has 1 amide bonds. The van der Waals surface area contributed by atoms with Gasteiger partial charge in [-0.15, -0.1) is 5.10 Å². The van der Waals surface area contributed by atoms with Crippen LogP contribution in [-0.2, 0) is 0 Å². The Morgan fingerprint density at radius 3 is 2.72 bits per heavy atom. The van der Waals surface area contributed by atoms with Crippen molar-refractivity contribution in [2.45, 2.75) is 51.7 Å². The van der Waals surface area contributed by atoms with Crippen LogP contribution in [0.25, 0.3) is 5.78 Å². The molecule has 0 radical (unpaired) electrons. The molecule has 4 rings (SSSR count). The second-order valence-electron chi connectivity index (χ2n) is 7.07. The van der Waals surface area contributed by atoms with Crippen LogP contribution in [0.3, 0.4) is 0 Å². The van der Waals surface area contributed by atoms with Crippen LogP contribution >= 0.6 is 0 Å². The summed E-state index contributed by atoms with van der Waals surface area (Å²) in [6.45, 7) is 3.77. The van der Waals surface area contributed by atoms with Crippen molar-refractivity contribution in [3.63, 3.8) is 0 Å². The summed E-state index contributed by atoms with van der Waals surface area (Å²) in [4.78, 5) is 29.2. The van der Waals surface area contributed by atoms with E-state index in [1.54, 1.807) is 4.52 Å². The Bertz CT molecular complexity index is 1100. The number of carbonyl (C=O) groups is 1. The second kappa shape index (κ2) is 7.79. The number of aryl methyl sites for hydroxylation is 2. The van der Waals surface area contributed by atoms with Crippen LogP contribution in [0.2, 0.25) is 0 Å². The number of aromatic nitrogens is 6. The molecule has 0 bridgehead atoms. The number of fused-ring (bicyclic) bond motifs is 1. The average Bonchev–Trinajstić information content (AvgIpc) is 3.14. The number of ether oxygens (including phenoxy) is 1. The number of nitrogens with one attached hydrogen (secondary N) is 1. The Balaban J connectivity index is 1.35. The van der Waals surface area contributed by atoms with Crippen LogP contribution in [0.15, 0.2) is 18.5 Å². The van der Waals surface area contributed by atoms with Crippen molar-refractivity contribution in [1.29, 1.82) is 5.26 Å². The summed E-state index contributed by atoms with van der Waals surface area (Å²) in [5, 5.41) is 16.3. The predicted molar refractivity (Wildman–Crippen MR) is 101 cm³/mol. The van der Waals surface area contributed by atoms with Crippen LogP contribution in [-0.4, -0.2) is 47.6 Å². The Hall–Kier alpha value is -3.61. The van der Waals surface area contributed by atoms with Gasteiger partial charge in [-0.2, -0.15) is 10.2 Å². The van der Waals surface area contributed by atoms with Crippen molar-refractivity contribution in [3.8, 4) is 11.9 Å². The molecule has 1 fully saturated rings. The van der Waals surface area contributed by atoms with Crippen molar-refractivity contribution < 1.29 is 9.53 Å². The van der Waals surface area contributed by atoms with Gasteiger partial charge in [-0.1, -0.05) is 0 Å². The summed E-state index contributed by atoms with van der Waals surface area (Å²) in [6.07, 6.45) is 5.89. The number of hydrogen-bond donors (Lipinski definition) is 1. The SMILES string of the molecule is Cc1cc(C)n2nc(C(=O)NC3CCC(Oc4nccnc4C#N)CC3)nc2n1. The van der Waals surface area contributed by atoms with Crippen LogP contribution in [0, 0.1) is 25.2 Å². The van der Waals surface area contributed by atoms with E-state index in [2.05, 4.69) is 30.4 Å². The summed E-state index contributed by atoms with van der Waals surface area (Å²) in [7, 11) is 0. The molecule has 10 heteroatoms. The van der Waals surface area contributed by atoms with E-state index in [0.717, 1.165) is 37.1 Å². The molecule has 29 heavy (non-hydrogen) atoms. The van der Waals surface area contributed by atoms with E-state index in [9.17, 15) is 4.79 Å². The first-order valence-corrected chi connectivity index (χ1v) is 9.43. The number of nitrogens with zero attached hydrogens (tertiary/aromatic N) is 7. The maximum absolute atomic E-state index is 12.6. The minimum atomic E-state index is -0.308. The van der Waals surface area contributed by atoms with Gasteiger partial charge in [0, 0.05) is 29.8 Å². The molecule has 1 aliphatic rings. The normalized spacial score (nSPS) is 18.9. The molecule has 10 nitrogen and oxygen atoms in total. The fraction of sp³-hybridized carbons (Fsp3) is 0.421. The number of amides is 1. The molecule has 3 aromatic rings. The maximum Gasteiger partial charge on any atom is 0.291 e. The summed E-state index contributed by atoms with van der Waals surface area (Å²) in [6, 6.07) is 3.88. The van der Waals surface area contributed by atoms with Crippen molar-refractivity contribution in [2.24, 2.45) is 0 Å². The molecule has 1 N–H and O–H groups in total. The predicted octanol–water partition coefficient (Wildman–Crippen LogP) is 1.52. The zero-order valence-electron chi connectivity index (χ0n) is 16.2. The molecule has 0 saturated heterocycles. The Morgan fingerprint density at radius 2 is 1.97 bits per heavy atom. The molecule has 148 valence electrons. The lowest BCUT2D eigenvalue weighted by molar-refractivity contribution is 0.0879. The summed E-state index contributed by atoms with van der Waals surface area (Å²) < 4.78 is 7.40. The lowest BCUT2D eigenvalue weighted by atomic mass is 9.93. The fourth-order valence-electron chi connectivity index (χ4n) is 3.48. The topological polar surface area (TPSA) is 131 Å². The highest BCUT2D eigenvalue weighted by Crippen LogP contribution is 2.24. The van der Waals surface area contributed by atoms with Gasteiger partial charge in [-0.3, -0.25) is 4.79 Å². The first-order chi connectivity index (χ1) is 14.0. The Morgan fingerprint density at radius 1 is 1.21 bits per heavy atom. The molecule has 0 unspecified atom stereocenters. The van der Waals surface area contributed by atoms with Gasteiger partial charge in [0.15, 0.2) is 0 Å². The highest BCUT2D eigenvalue weighted by molar-refractivity contribution is 5.91. The standard InChI is InChI=1S/C19H20N8O2/c1-11-9-12(2)27-19(23-11)25-16(26-27)17(28)24-13-3-5-14(6-4-13)29-18-15(10-20)21-7-8-22-18/h7-9,13-14H,3-6H2,1-2H3,(H,24,28). The molecule has 0 aliphatic heterocycles. The average molecular weight is 392 g/mol. The molecule has 1 aliphatic carbocycles. The summed E-state index contributed by atoms with van der Waals surface area (Å²) in [5.74, 6) is 0.483. The molecule has 0 aromatic carbocycles. The van der Waals surface area contributed by atoms with E-state index in [1.165, 1.54) is 12.4 Å². The maximum atomic E-state index is 12.6. The van der Waals surface area contributed by atoms with E-state index in [4.69, 9.17) is 10.00 Å². The quantitative estimate of drug-likeness (QED) is 0.707. The molecule has 0 spiro atoms. The molecule has 0 atom stereocenters. The van der Waals surface area contributed by atoms with Crippen LogP contribution in [0.1, 0.15) is 53.4 Å². The third kappa shape index (κ3) is 3.99. The zero-order valence-corrected chi connectivity index (χ0v) is 16.2. The number of carbonyl (C=O) groups excluding carboxylic acids is 1. The van der Waals surface area contributed by atoms with E-state index in [1.807, 2.05) is 26.0 Å². The minimum Gasteiger partial charge on any atom is -0.472 e. The first-order valence-electron chi connectivity index (χ1n) is 9.43. The van der Waals surface area contributed by atoms with Crippen LogP contribution < -0.4 is 10.1 Å². The summed E-state index contributed by atoms with van der Waals surface area (Å²) >= 11 is 0. The first kappa shape index (κ1) is 18.7. The largest absolute Gasteiger partial charge is 0.472 e. The monoisotopic (exact) mass is 392 g/mol. The number of nitriles is 1. The van der Waals surface area contributed by atoms with Gasteiger partial charge in [-0.05, 0) is 45.6 Å². The Labute approximate surface area is 167 Å². The van der Waals surface area contributed by atoms with E-state index in [0.29, 0.717) is 5.78 Å². The third-order valence-corrected chi connectivity index (χ3v) is 4.88. The van der Waals surface area contributed by atoms with Gasteiger partial charge in [0.1, 0.15) is 12.2 Å². The van der Waals surface area contributed by atoms with E-state index >= 15 is 0 Å². The minimum absolute atomic E-state index is 0.0158. The van der Waals surface area contributed by atoms with E-state index < -0.39 is 0 Å². The van der Waals surface area contributed by atoms with Crippen molar-refractivity contribution in [2.75, 3.05) is 0 Å². The van der Waals surface area contributed by atoms with Gasteiger partial charge in [0.05, 0.1) is 0 Å². The fourth-order valence-corrected chi connectivity index (χ4v) is 3.48. The molecule has 3 heterocycles. The molecule has 1 saturated carbocycles. The molecular formula is C19H20N8O2. The lowest BCUT2D eigenvalue weighted by Crippen LogP contribution is -2.40. The van der Waals surface area contributed by atoms with Gasteiger partial charge < -0.3 is 10.1 Å². The zero-order chi connectivity index (χ0) is 20.4. The highest BCUT2D eigenvalue weighted by atomic mass is 16.5. The molecule has 3 aromatic heterocycles. The van der Waals surface area contributed by atoms with Gasteiger partial charge in [0.25, 0.3) is 17.6 Å². The van der Waals surface area contributed by atoms with Crippen molar-refractivity contribution in [3.05, 3.63) is 41.4 Å². The van der Waals surface area contributed by atoms with Gasteiger partial charge in [0.2, 0.25) is 11.5 Å². The van der Waals surface area contributed by atoms with E-state index in [-0.39, 0.29) is 35.5 Å². The van der Waals surface area contributed by atoms with Crippen LogP contribution in [0.4, 0.5) is 0 Å². The summed E-state index contributed by atoms with van der Waals surface area (Å²) in [5.41, 5.74) is 1.88. The lowest BCUT2D eigenvalue weighted by Gasteiger charge is -2.28. The number of hydrogen-bond acceptors (Lipinski definition) is 8. The molecular weight excluding hydrogens is 372 g/mol. The van der Waals surface area contributed by atoms with Gasteiger partial charge in [-0.25, -0.2) is 19.5 Å². The Kier molecular flexibility index (Phi) is 5.03. The van der Waals surface area contributed by atoms with Gasteiger partial charge >= 0.3 is 0 Å². The highest BCUT2D eigenvalue weighted by Gasteiger charge is 2.26. The van der Waals surface area contributed by atoms with Crippen LogP contribution in [0.5, 0.6) is 5.88 Å². The smallest absolute Gasteiger partial charge is 0.291 e. The van der Waals surface area contributed by atoms with Crippen molar-refractivity contribution >= 4 is 11.7 Å². The third-order valence-electron chi connectivity index (χ3n) is 4.88. The van der Waals surface area contributed by atoms with Crippen molar-refractivity contribution in [1.82, 2.24) is 34.9 Å².